The number of carbonyl (C=O) groups excluding carboxylic acids is 2. The Hall–Kier alpha value is -2.04. The van der Waals surface area contributed by atoms with E-state index in [1.54, 1.807) is 25.3 Å². The lowest BCUT2D eigenvalue weighted by Gasteiger charge is -2.18. The summed E-state index contributed by atoms with van der Waals surface area (Å²) in [5.41, 5.74) is 0.572. The van der Waals surface area contributed by atoms with E-state index in [4.69, 9.17) is 9.47 Å². The van der Waals surface area contributed by atoms with Crippen molar-refractivity contribution in [2.45, 2.75) is 6.42 Å². The van der Waals surface area contributed by atoms with Crippen LogP contribution in [0.4, 0.5) is 5.69 Å². The topological polar surface area (TPSA) is 55.8 Å². The Balaban J connectivity index is 2.42. The normalized spacial score (nSPS) is 15.3. The number of Topliss-reactive ketones (excluding diaryl/α,β-unsaturated/α-hetero) is 1. The molecule has 1 saturated heterocycles. The first-order valence-corrected chi connectivity index (χ1v) is 5.24. The Morgan fingerprint density at radius 1 is 1.18 bits per heavy atom. The Morgan fingerprint density at radius 3 is 2.47 bits per heavy atom. The average molecular weight is 235 g/mol. The Kier molecular flexibility index (Phi) is 2.99. The smallest absolute Gasteiger partial charge is 0.294 e. The molecule has 0 atom stereocenters. The molecule has 0 unspecified atom stereocenters. The lowest BCUT2D eigenvalue weighted by atomic mass is 10.2. The first kappa shape index (κ1) is 11.4. The predicted octanol–water partition coefficient (Wildman–Crippen LogP) is 1.01. The van der Waals surface area contributed by atoms with Crippen LogP contribution in [-0.4, -0.2) is 32.5 Å². The van der Waals surface area contributed by atoms with Crippen LogP contribution in [0.5, 0.6) is 11.5 Å². The zero-order chi connectivity index (χ0) is 12.4. The maximum absolute atomic E-state index is 11.7. The van der Waals surface area contributed by atoms with Gasteiger partial charge in [0, 0.05) is 19.0 Å². The summed E-state index contributed by atoms with van der Waals surface area (Å²) in [6.07, 6.45) is 0.249. The highest BCUT2D eigenvalue weighted by Gasteiger charge is 2.32. The van der Waals surface area contributed by atoms with Crippen LogP contribution in [0, 0.1) is 0 Å². The lowest BCUT2D eigenvalue weighted by Crippen LogP contribution is -2.27. The van der Waals surface area contributed by atoms with Gasteiger partial charge in [0.25, 0.3) is 5.91 Å². The van der Waals surface area contributed by atoms with Crippen LogP contribution in [0.25, 0.3) is 0 Å². The van der Waals surface area contributed by atoms with Crippen LogP contribution in [0.15, 0.2) is 18.2 Å². The molecule has 1 aromatic rings. The molecule has 2 rings (SSSR count). The predicted molar refractivity (Wildman–Crippen MR) is 61.5 cm³/mol. The Morgan fingerprint density at radius 2 is 1.94 bits per heavy atom. The number of hydrogen-bond donors (Lipinski definition) is 0. The molecule has 90 valence electrons. The van der Waals surface area contributed by atoms with Crippen molar-refractivity contribution in [1.82, 2.24) is 0 Å². The van der Waals surface area contributed by atoms with Gasteiger partial charge < -0.3 is 14.4 Å². The number of ether oxygens (including phenoxy) is 2. The zero-order valence-corrected chi connectivity index (χ0v) is 9.73. The molecule has 1 heterocycles. The van der Waals surface area contributed by atoms with Gasteiger partial charge in [-0.25, -0.2) is 0 Å². The quantitative estimate of drug-likeness (QED) is 0.734. The van der Waals surface area contributed by atoms with Crippen LogP contribution < -0.4 is 14.4 Å². The molecular formula is C12H13NO4. The van der Waals surface area contributed by atoms with Gasteiger partial charge in [0.05, 0.1) is 19.9 Å². The molecule has 0 radical (unpaired) electrons. The third-order valence-electron chi connectivity index (χ3n) is 2.72. The van der Waals surface area contributed by atoms with Crippen molar-refractivity contribution in [2.75, 3.05) is 25.7 Å². The van der Waals surface area contributed by atoms with E-state index >= 15 is 0 Å². The average Bonchev–Trinajstić information content (AvgIpc) is 2.69. The summed E-state index contributed by atoms with van der Waals surface area (Å²) < 4.78 is 10.3. The van der Waals surface area contributed by atoms with E-state index in [0.29, 0.717) is 23.7 Å². The van der Waals surface area contributed by atoms with E-state index in [-0.39, 0.29) is 12.2 Å². The number of nitrogens with zero attached hydrogens (tertiary/aromatic N) is 1. The van der Waals surface area contributed by atoms with Crippen LogP contribution in [-0.2, 0) is 9.59 Å². The van der Waals surface area contributed by atoms with Gasteiger partial charge in [0.1, 0.15) is 11.5 Å². The largest absolute Gasteiger partial charge is 0.497 e. The van der Waals surface area contributed by atoms with Crippen molar-refractivity contribution < 1.29 is 19.1 Å². The summed E-state index contributed by atoms with van der Waals surface area (Å²) in [5.74, 6) is 0.313. The van der Waals surface area contributed by atoms with Crippen LogP contribution in [0.2, 0.25) is 0 Å². The summed E-state index contributed by atoms with van der Waals surface area (Å²) in [4.78, 5) is 24.3. The molecule has 1 aromatic carbocycles. The van der Waals surface area contributed by atoms with E-state index in [9.17, 15) is 9.59 Å². The minimum atomic E-state index is -0.489. The number of amides is 1. The molecule has 0 spiro atoms. The molecule has 17 heavy (non-hydrogen) atoms. The minimum Gasteiger partial charge on any atom is -0.497 e. The molecule has 1 aliphatic heterocycles. The number of rotatable bonds is 3. The number of anilines is 1. The molecule has 1 amide bonds. The van der Waals surface area contributed by atoms with E-state index in [2.05, 4.69) is 0 Å². The summed E-state index contributed by atoms with van der Waals surface area (Å²) >= 11 is 0. The standard InChI is InChI=1S/C12H13NO4/c1-16-8-3-4-11(17-2)9(7-8)13-6-5-10(14)12(13)15/h3-4,7H,5-6H2,1-2H3. The maximum Gasteiger partial charge on any atom is 0.294 e. The Labute approximate surface area is 98.9 Å². The fraction of sp³-hybridized carbons (Fsp3) is 0.333. The molecule has 5 nitrogen and oxygen atoms in total. The molecule has 0 aliphatic carbocycles. The molecule has 0 aromatic heterocycles. The minimum absolute atomic E-state index is 0.249. The van der Waals surface area contributed by atoms with Gasteiger partial charge in [0.15, 0.2) is 0 Å². The summed E-state index contributed by atoms with van der Waals surface area (Å²) in [6.45, 7) is 0.390. The van der Waals surface area contributed by atoms with Gasteiger partial charge in [-0.05, 0) is 12.1 Å². The Bertz CT molecular complexity index is 470. The van der Waals surface area contributed by atoms with Gasteiger partial charge in [-0.15, -0.1) is 0 Å². The van der Waals surface area contributed by atoms with E-state index in [1.807, 2.05) is 0 Å². The van der Waals surface area contributed by atoms with Crippen LogP contribution >= 0.6 is 0 Å². The van der Waals surface area contributed by atoms with Crippen molar-refractivity contribution in [3.8, 4) is 11.5 Å². The summed E-state index contributed by atoms with van der Waals surface area (Å²) in [7, 11) is 3.07. The molecule has 1 aliphatic rings. The van der Waals surface area contributed by atoms with Gasteiger partial charge >= 0.3 is 0 Å². The molecule has 0 bridgehead atoms. The lowest BCUT2D eigenvalue weighted by molar-refractivity contribution is -0.133. The molecular weight excluding hydrogens is 222 g/mol. The third kappa shape index (κ3) is 1.95. The summed E-state index contributed by atoms with van der Waals surface area (Å²) in [6, 6.07) is 5.14. The SMILES string of the molecule is COc1ccc(OC)c(N2CCC(=O)C2=O)c1. The van der Waals surface area contributed by atoms with Crippen molar-refractivity contribution in [3.63, 3.8) is 0 Å². The highest BCUT2D eigenvalue weighted by atomic mass is 16.5. The number of benzene rings is 1. The fourth-order valence-corrected chi connectivity index (χ4v) is 1.81. The molecule has 0 N–H and O–H groups in total. The van der Waals surface area contributed by atoms with E-state index in [0.717, 1.165) is 0 Å². The first-order chi connectivity index (χ1) is 8.17. The van der Waals surface area contributed by atoms with Gasteiger partial charge in [0.2, 0.25) is 5.78 Å². The van der Waals surface area contributed by atoms with Crippen molar-refractivity contribution in [2.24, 2.45) is 0 Å². The van der Waals surface area contributed by atoms with Crippen molar-refractivity contribution in [1.29, 1.82) is 0 Å². The number of hydrogen-bond acceptors (Lipinski definition) is 4. The van der Waals surface area contributed by atoms with Gasteiger partial charge in [-0.2, -0.15) is 0 Å². The number of carbonyl (C=O) groups is 2. The maximum atomic E-state index is 11.7. The van der Waals surface area contributed by atoms with Crippen LogP contribution in [0.3, 0.4) is 0 Å². The van der Waals surface area contributed by atoms with Gasteiger partial charge in [-0.1, -0.05) is 0 Å². The fourth-order valence-electron chi connectivity index (χ4n) is 1.81. The van der Waals surface area contributed by atoms with E-state index < -0.39 is 5.91 Å². The highest BCUT2D eigenvalue weighted by Crippen LogP contribution is 2.34. The second kappa shape index (κ2) is 4.45. The second-order valence-corrected chi connectivity index (χ2v) is 3.67. The third-order valence-corrected chi connectivity index (χ3v) is 2.72. The monoisotopic (exact) mass is 235 g/mol. The van der Waals surface area contributed by atoms with Gasteiger partial charge in [-0.3, -0.25) is 9.59 Å². The highest BCUT2D eigenvalue weighted by molar-refractivity contribution is 6.43. The second-order valence-electron chi connectivity index (χ2n) is 3.67. The molecule has 5 heteroatoms. The van der Waals surface area contributed by atoms with Crippen LogP contribution in [0.1, 0.15) is 6.42 Å². The first-order valence-electron chi connectivity index (χ1n) is 5.24. The van der Waals surface area contributed by atoms with E-state index in [1.165, 1.54) is 12.0 Å². The molecule has 0 saturated carbocycles. The zero-order valence-electron chi connectivity index (χ0n) is 9.73. The number of methoxy groups -OCH3 is 2. The number of ketones is 1. The van der Waals surface area contributed by atoms with Crippen molar-refractivity contribution >= 4 is 17.4 Å². The van der Waals surface area contributed by atoms with Crippen molar-refractivity contribution in [3.05, 3.63) is 18.2 Å². The summed E-state index contributed by atoms with van der Waals surface area (Å²) in [5, 5.41) is 0. The molecule has 1 fully saturated rings.